The van der Waals surface area contributed by atoms with Gasteiger partial charge in [-0.1, -0.05) is 33.1 Å². The molecule has 0 unspecified atom stereocenters. The predicted octanol–water partition coefficient (Wildman–Crippen LogP) is 4.47. The maximum Gasteiger partial charge on any atom is 0.354 e. The number of carboxylic acids is 1. The molecule has 1 saturated carbocycles. The molecule has 1 N–H and O–H groups in total. The topological polar surface area (TPSA) is 85.8 Å². The quantitative estimate of drug-likeness (QED) is 0.721. The first-order valence-corrected chi connectivity index (χ1v) is 10.0. The van der Waals surface area contributed by atoms with Crippen molar-refractivity contribution in [3.05, 3.63) is 29.3 Å². The summed E-state index contributed by atoms with van der Waals surface area (Å²) in [6.45, 7) is 6.19. The molecular weight excluding hydrogens is 354 g/mol. The van der Waals surface area contributed by atoms with E-state index in [-0.39, 0.29) is 17.7 Å². The molecule has 0 aromatic carbocycles. The van der Waals surface area contributed by atoms with Crippen molar-refractivity contribution in [2.45, 2.75) is 64.8 Å². The zero-order valence-corrected chi connectivity index (χ0v) is 16.9. The summed E-state index contributed by atoms with van der Waals surface area (Å²) in [5, 5.41) is 20.1. The molecule has 4 rings (SSSR count). The van der Waals surface area contributed by atoms with Crippen LogP contribution in [0.15, 0.2) is 12.3 Å². The van der Waals surface area contributed by atoms with E-state index < -0.39 is 5.97 Å². The summed E-state index contributed by atoms with van der Waals surface area (Å²) in [6.07, 6.45) is 7.67. The summed E-state index contributed by atoms with van der Waals surface area (Å²) >= 11 is 0. The van der Waals surface area contributed by atoms with E-state index in [9.17, 15) is 9.90 Å². The maximum absolute atomic E-state index is 11.8. The Morgan fingerprint density at radius 3 is 2.46 bits per heavy atom. The van der Waals surface area contributed by atoms with Crippen LogP contribution in [0.25, 0.3) is 22.2 Å². The highest BCUT2D eigenvalue weighted by molar-refractivity contribution is 6.00. The van der Waals surface area contributed by atoms with Gasteiger partial charge in [0.05, 0.1) is 22.8 Å². The van der Waals surface area contributed by atoms with Crippen LogP contribution < -0.4 is 0 Å². The van der Waals surface area contributed by atoms with E-state index in [2.05, 4.69) is 23.9 Å². The molecule has 0 saturated heterocycles. The van der Waals surface area contributed by atoms with Gasteiger partial charge in [-0.25, -0.2) is 14.5 Å². The lowest BCUT2D eigenvalue weighted by Gasteiger charge is -2.22. The normalized spacial score (nSPS) is 15.6. The summed E-state index contributed by atoms with van der Waals surface area (Å²) in [7, 11) is 1.88. The van der Waals surface area contributed by atoms with Crippen LogP contribution in [0.2, 0.25) is 0 Å². The molecular formula is C21H27N5O2. The van der Waals surface area contributed by atoms with Gasteiger partial charge in [0.15, 0.2) is 11.3 Å². The number of carboxylic acid groups (broad SMARTS) is 1. The van der Waals surface area contributed by atoms with E-state index in [1.807, 2.05) is 24.9 Å². The Bertz CT molecular complexity index is 1040. The average molecular weight is 381 g/mol. The third kappa shape index (κ3) is 3.08. The highest BCUT2D eigenvalue weighted by atomic mass is 16.4. The van der Waals surface area contributed by atoms with Crippen LogP contribution >= 0.6 is 0 Å². The highest BCUT2D eigenvalue weighted by Crippen LogP contribution is 2.38. The van der Waals surface area contributed by atoms with Crippen molar-refractivity contribution in [1.29, 1.82) is 0 Å². The molecule has 0 aliphatic heterocycles. The lowest BCUT2D eigenvalue weighted by molar-refractivity contribution is 0.0691. The molecule has 148 valence electrons. The Balaban J connectivity index is 2.06. The van der Waals surface area contributed by atoms with Crippen molar-refractivity contribution >= 4 is 17.0 Å². The van der Waals surface area contributed by atoms with Crippen LogP contribution in [0, 0.1) is 6.92 Å². The second-order valence-electron chi connectivity index (χ2n) is 8.14. The molecule has 0 spiro atoms. The number of fused-ring (bicyclic) bond motifs is 1. The van der Waals surface area contributed by atoms with Crippen molar-refractivity contribution in [2.24, 2.45) is 7.05 Å². The molecule has 1 aliphatic carbocycles. The van der Waals surface area contributed by atoms with Crippen molar-refractivity contribution in [1.82, 2.24) is 24.5 Å². The molecule has 1 fully saturated rings. The first-order chi connectivity index (χ1) is 13.4. The van der Waals surface area contributed by atoms with Gasteiger partial charge in [-0.2, -0.15) is 10.2 Å². The number of aryl methyl sites for hydroxylation is 2. The smallest absolute Gasteiger partial charge is 0.354 e. The van der Waals surface area contributed by atoms with Crippen LogP contribution in [0.3, 0.4) is 0 Å². The van der Waals surface area contributed by atoms with Crippen molar-refractivity contribution in [3.63, 3.8) is 0 Å². The average Bonchev–Trinajstić information content (AvgIpc) is 3.21. The van der Waals surface area contributed by atoms with E-state index in [0.717, 1.165) is 40.7 Å². The monoisotopic (exact) mass is 381 g/mol. The number of aromatic carboxylic acids is 1. The summed E-state index contributed by atoms with van der Waals surface area (Å²) < 4.78 is 3.77. The molecule has 7 heteroatoms. The molecule has 28 heavy (non-hydrogen) atoms. The van der Waals surface area contributed by atoms with Gasteiger partial charge in [-0.3, -0.25) is 4.68 Å². The van der Waals surface area contributed by atoms with Gasteiger partial charge in [0, 0.05) is 24.4 Å². The second-order valence-corrected chi connectivity index (χ2v) is 8.14. The van der Waals surface area contributed by atoms with Gasteiger partial charge in [0.2, 0.25) is 0 Å². The minimum atomic E-state index is -1.02. The minimum absolute atomic E-state index is 0.0537. The van der Waals surface area contributed by atoms with E-state index in [1.54, 1.807) is 10.7 Å². The number of hydrogen-bond acceptors (Lipinski definition) is 4. The molecule has 3 heterocycles. The Morgan fingerprint density at radius 2 is 1.89 bits per heavy atom. The van der Waals surface area contributed by atoms with Crippen LogP contribution in [-0.4, -0.2) is 35.6 Å². The largest absolute Gasteiger partial charge is 0.477 e. The van der Waals surface area contributed by atoms with Gasteiger partial charge in [0.25, 0.3) is 0 Å². The summed E-state index contributed by atoms with van der Waals surface area (Å²) in [6, 6.07) is 1.95. The summed E-state index contributed by atoms with van der Waals surface area (Å²) in [5.74, 6) is -0.812. The molecule has 3 aromatic rings. The van der Waals surface area contributed by atoms with Crippen LogP contribution in [0.4, 0.5) is 0 Å². The molecule has 0 atom stereocenters. The molecule has 0 amide bonds. The lowest BCUT2D eigenvalue weighted by Crippen LogP contribution is -2.15. The molecule has 0 radical (unpaired) electrons. The van der Waals surface area contributed by atoms with Gasteiger partial charge in [-0.05, 0) is 31.7 Å². The van der Waals surface area contributed by atoms with E-state index in [0.29, 0.717) is 5.65 Å². The SMILES string of the molecule is Cc1nn(C)cc1-c1cc(C(=O)O)nc2c1c(C(C)C)nn2C1CCCCC1. The summed E-state index contributed by atoms with van der Waals surface area (Å²) in [4.78, 5) is 16.4. The van der Waals surface area contributed by atoms with Crippen molar-refractivity contribution in [3.8, 4) is 11.1 Å². The number of rotatable bonds is 4. The van der Waals surface area contributed by atoms with E-state index in [1.165, 1.54) is 19.3 Å². The zero-order valence-electron chi connectivity index (χ0n) is 16.9. The van der Waals surface area contributed by atoms with Crippen molar-refractivity contribution in [2.75, 3.05) is 0 Å². The van der Waals surface area contributed by atoms with Gasteiger partial charge >= 0.3 is 5.97 Å². The number of pyridine rings is 1. The number of hydrogen-bond donors (Lipinski definition) is 1. The number of carbonyl (C=O) groups is 1. The lowest BCUT2D eigenvalue weighted by atomic mass is 9.95. The van der Waals surface area contributed by atoms with Crippen LogP contribution in [-0.2, 0) is 7.05 Å². The van der Waals surface area contributed by atoms with E-state index >= 15 is 0 Å². The fraction of sp³-hybridized carbons (Fsp3) is 0.524. The Hall–Kier alpha value is -2.70. The number of nitrogens with zero attached hydrogens (tertiary/aromatic N) is 5. The molecule has 7 nitrogen and oxygen atoms in total. The van der Waals surface area contributed by atoms with Crippen LogP contribution in [0.1, 0.15) is 79.8 Å². The third-order valence-corrected chi connectivity index (χ3v) is 5.68. The minimum Gasteiger partial charge on any atom is -0.477 e. The highest BCUT2D eigenvalue weighted by Gasteiger charge is 2.27. The molecule has 3 aromatic heterocycles. The molecule has 0 bridgehead atoms. The predicted molar refractivity (Wildman–Crippen MR) is 108 cm³/mol. The zero-order chi connectivity index (χ0) is 20.0. The Labute approximate surface area is 164 Å². The maximum atomic E-state index is 11.8. The number of aromatic nitrogens is 5. The summed E-state index contributed by atoms with van der Waals surface area (Å²) in [5.41, 5.74) is 4.38. The first kappa shape index (κ1) is 18.7. The Kier molecular flexibility index (Phi) is 4.69. The molecule has 1 aliphatic rings. The van der Waals surface area contributed by atoms with Crippen molar-refractivity contribution < 1.29 is 9.90 Å². The van der Waals surface area contributed by atoms with Gasteiger partial charge < -0.3 is 5.11 Å². The van der Waals surface area contributed by atoms with Gasteiger partial charge in [0.1, 0.15) is 0 Å². The fourth-order valence-electron chi connectivity index (χ4n) is 4.33. The first-order valence-electron chi connectivity index (χ1n) is 10.0. The third-order valence-electron chi connectivity index (χ3n) is 5.68. The fourth-order valence-corrected chi connectivity index (χ4v) is 4.33. The van der Waals surface area contributed by atoms with Crippen LogP contribution in [0.5, 0.6) is 0 Å². The standard InChI is InChI=1S/C21H27N5O2/c1-12(2)19-18-15(16-11-25(4)23-13(16)3)10-17(21(27)28)22-20(18)26(24-19)14-8-6-5-7-9-14/h10-12,14H,5-9H2,1-4H3,(H,27,28). The van der Waals surface area contributed by atoms with E-state index in [4.69, 9.17) is 5.10 Å². The second kappa shape index (κ2) is 7.04. The van der Waals surface area contributed by atoms with Gasteiger partial charge in [-0.15, -0.1) is 0 Å². The Morgan fingerprint density at radius 1 is 1.18 bits per heavy atom.